The zero-order chi connectivity index (χ0) is 20.6. The summed E-state index contributed by atoms with van der Waals surface area (Å²) in [6.45, 7) is 6.16. The number of hydrogen-bond donors (Lipinski definition) is 2. The lowest BCUT2D eigenvalue weighted by atomic mass is 9.94. The van der Waals surface area contributed by atoms with E-state index in [1.54, 1.807) is 5.01 Å². The van der Waals surface area contributed by atoms with Crippen LogP contribution in [0, 0.1) is 0 Å². The molecule has 1 unspecified atom stereocenters. The maximum Gasteiger partial charge on any atom is 0.348 e. The number of carboxylic acids is 1. The van der Waals surface area contributed by atoms with Crippen LogP contribution in [0.2, 0.25) is 5.02 Å². The van der Waals surface area contributed by atoms with Crippen molar-refractivity contribution < 1.29 is 9.90 Å². The molecule has 2 heterocycles. The predicted octanol–water partition coefficient (Wildman–Crippen LogP) is 5.64. The van der Waals surface area contributed by atoms with Gasteiger partial charge in [-0.2, -0.15) is 0 Å². The van der Waals surface area contributed by atoms with Crippen LogP contribution in [0.5, 0.6) is 0 Å². The van der Waals surface area contributed by atoms with Crippen molar-refractivity contribution in [2.75, 3.05) is 7.05 Å². The lowest BCUT2D eigenvalue weighted by Crippen LogP contribution is -2.47. The van der Waals surface area contributed by atoms with Crippen molar-refractivity contribution in [1.29, 1.82) is 0 Å². The number of nitrogens with one attached hydrogen (secondary N) is 1. The molecule has 0 aliphatic carbocycles. The summed E-state index contributed by atoms with van der Waals surface area (Å²) < 4.78 is 0.618. The summed E-state index contributed by atoms with van der Waals surface area (Å²) in [5, 5.41) is 12.8. The molecule has 5 nitrogen and oxygen atoms in total. The van der Waals surface area contributed by atoms with Crippen LogP contribution < -0.4 is 5.43 Å². The van der Waals surface area contributed by atoms with Gasteiger partial charge in [0.05, 0.1) is 11.7 Å². The van der Waals surface area contributed by atoms with Crippen LogP contribution >= 0.6 is 46.9 Å². The molecular formula is C19H20ClN3O2S3. The molecule has 1 aliphatic rings. The normalized spacial score (nSPS) is 19.3. The minimum Gasteiger partial charge on any atom is -0.477 e. The molecule has 148 valence electrons. The third kappa shape index (κ3) is 4.58. The topological polar surface area (TPSA) is 64.9 Å². The van der Waals surface area contributed by atoms with E-state index in [0.717, 1.165) is 10.4 Å². The molecule has 28 heavy (non-hydrogen) atoms. The van der Waals surface area contributed by atoms with E-state index in [2.05, 4.69) is 26.2 Å². The fourth-order valence-electron chi connectivity index (χ4n) is 2.58. The lowest BCUT2D eigenvalue weighted by Gasteiger charge is -2.33. The van der Waals surface area contributed by atoms with Crippen molar-refractivity contribution in [1.82, 2.24) is 10.4 Å². The number of aliphatic imine (C=N–C) groups is 1. The van der Waals surface area contributed by atoms with Crippen LogP contribution in [-0.2, 0) is 5.41 Å². The molecule has 1 aromatic carbocycles. The van der Waals surface area contributed by atoms with E-state index < -0.39 is 5.97 Å². The third-order valence-corrected chi connectivity index (χ3v) is 7.41. The quantitative estimate of drug-likeness (QED) is 0.586. The van der Waals surface area contributed by atoms with Crippen LogP contribution in [0.3, 0.4) is 0 Å². The molecule has 2 aromatic rings. The summed E-state index contributed by atoms with van der Waals surface area (Å²) in [5.74, 6) is -0.976. The molecule has 0 radical (unpaired) electrons. The molecule has 9 heteroatoms. The Morgan fingerprint density at radius 2 is 1.96 bits per heavy atom. The minimum atomic E-state index is -0.976. The summed E-state index contributed by atoms with van der Waals surface area (Å²) in [6.07, 6.45) is 0. The summed E-state index contributed by atoms with van der Waals surface area (Å²) in [6, 6.07) is 9.09. The van der Waals surface area contributed by atoms with E-state index in [4.69, 9.17) is 28.8 Å². The summed E-state index contributed by atoms with van der Waals surface area (Å²) >= 11 is 14.0. The Morgan fingerprint density at radius 3 is 2.54 bits per heavy atom. The first kappa shape index (κ1) is 21.3. The lowest BCUT2D eigenvalue weighted by molar-refractivity contribution is 0.0703. The standard InChI is InChI=1S/C19H20ClN3O2S3/c1-19(2,3)13-9-12(15(27-13)17(24)25)21-16-14(22-23(4)18(26)28-16)10-5-7-11(20)8-6-10/h5-9,14,22H,1-4H3,(H,24,25). The van der Waals surface area contributed by atoms with E-state index in [0.29, 0.717) is 20.1 Å². The van der Waals surface area contributed by atoms with Gasteiger partial charge in [0.1, 0.15) is 9.92 Å². The number of halogens is 1. The molecule has 3 rings (SSSR count). The Balaban J connectivity index is 2.08. The first-order chi connectivity index (χ1) is 13.1. The molecule has 1 saturated heterocycles. The van der Waals surface area contributed by atoms with Crippen LogP contribution in [-0.4, -0.2) is 32.5 Å². The number of thiocarbonyl (C=S) groups is 1. The van der Waals surface area contributed by atoms with Crippen molar-refractivity contribution in [2.24, 2.45) is 4.99 Å². The Bertz CT molecular complexity index is 948. The molecule has 1 fully saturated rings. The van der Waals surface area contributed by atoms with Crippen LogP contribution in [0.4, 0.5) is 5.69 Å². The van der Waals surface area contributed by atoms with Crippen molar-refractivity contribution in [3.63, 3.8) is 0 Å². The van der Waals surface area contributed by atoms with Gasteiger partial charge in [-0.1, -0.05) is 56.7 Å². The number of carbonyl (C=O) groups is 1. The van der Waals surface area contributed by atoms with Gasteiger partial charge in [-0.25, -0.2) is 15.2 Å². The van der Waals surface area contributed by atoms with Gasteiger partial charge in [0.25, 0.3) is 0 Å². The molecule has 0 bridgehead atoms. The maximum atomic E-state index is 11.8. The van der Waals surface area contributed by atoms with E-state index in [1.807, 2.05) is 37.4 Å². The zero-order valence-electron chi connectivity index (χ0n) is 15.8. The van der Waals surface area contributed by atoms with Crippen molar-refractivity contribution in [3.05, 3.63) is 50.7 Å². The Labute approximate surface area is 182 Å². The SMILES string of the molecule is CN1NC(c2ccc(Cl)cc2)C(=Nc2cc(C(C)(C)C)sc2C(=O)O)SC1=S. The number of hydrogen-bond acceptors (Lipinski definition) is 6. The van der Waals surface area contributed by atoms with Gasteiger partial charge in [0.2, 0.25) is 0 Å². The average molecular weight is 454 g/mol. The number of benzene rings is 1. The van der Waals surface area contributed by atoms with E-state index >= 15 is 0 Å². The molecule has 0 spiro atoms. The Hall–Kier alpha value is -1.45. The van der Waals surface area contributed by atoms with Crippen LogP contribution in [0.25, 0.3) is 0 Å². The van der Waals surface area contributed by atoms with Gasteiger partial charge in [0, 0.05) is 16.9 Å². The number of carboxylic acid groups (broad SMARTS) is 1. The van der Waals surface area contributed by atoms with E-state index in [1.165, 1.54) is 23.1 Å². The van der Waals surface area contributed by atoms with Gasteiger partial charge in [-0.05, 0) is 40.9 Å². The molecule has 0 saturated carbocycles. The number of hydrazine groups is 1. The highest BCUT2D eigenvalue weighted by molar-refractivity contribution is 8.33. The highest BCUT2D eigenvalue weighted by Crippen LogP contribution is 2.39. The van der Waals surface area contributed by atoms with Gasteiger partial charge < -0.3 is 5.11 Å². The third-order valence-electron chi connectivity index (χ3n) is 4.12. The predicted molar refractivity (Wildman–Crippen MR) is 122 cm³/mol. The smallest absolute Gasteiger partial charge is 0.348 e. The second kappa shape index (κ2) is 8.12. The second-order valence-corrected chi connectivity index (χ2v) is 10.5. The summed E-state index contributed by atoms with van der Waals surface area (Å²) in [5.41, 5.74) is 4.58. The Kier molecular flexibility index (Phi) is 6.17. The minimum absolute atomic E-state index is 0.156. The van der Waals surface area contributed by atoms with Crippen LogP contribution in [0.1, 0.15) is 46.9 Å². The first-order valence-electron chi connectivity index (χ1n) is 8.49. The number of rotatable bonds is 3. The second-order valence-electron chi connectivity index (χ2n) is 7.37. The first-order valence-corrected chi connectivity index (χ1v) is 10.9. The highest BCUT2D eigenvalue weighted by Gasteiger charge is 2.30. The molecule has 1 aromatic heterocycles. The van der Waals surface area contributed by atoms with Gasteiger partial charge in [-0.15, -0.1) is 11.3 Å². The fraction of sp³-hybridized carbons (Fsp3) is 0.316. The molecule has 0 amide bonds. The zero-order valence-corrected chi connectivity index (χ0v) is 19.0. The van der Waals surface area contributed by atoms with E-state index in [9.17, 15) is 9.90 Å². The van der Waals surface area contributed by atoms with Gasteiger partial charge >= 0.3 is 5.97 Å². The molecule has 1 aliphatic heterocycles. The van der Waals surface area contributed by atoms with Crippen molar-refractivity contribution in [3.8, 4) is 0 Å². The largest absolute Gasteiger partial charge is 0.477 e. The van der Waals surface area contributed by atoms with E-state index in [-0.39, 0.29) is 16.3 Å². The number of aromatic carboxylic acids is 1. The van der Waals surface area contributed by atoms with Gasteiger partial charge in [-0.3, -0.25) is 5.01 Å². The maximum absolute atomic E-state index is 11.8. The monoisotopic (exact) mass is 453 g/mol. The molecule has 2 N–H and O–H groups in total. The summed E-state index contributed by atoms with van der Waals surface area (Å²) in [7, 11) is 1.85. The highest BCUT2D eigenvalue weighted by atomic mass is 35.5. The van der Waals surface area contributed by atoms with Crippen molar-refractivity contribution >= 4 is 67.9 Å². The Morgan fingerprint density at radius 1 is 1.32 bits per heavy atom. The molecular weight excluding hydrogens is 434 g/mol. The number of thioether (sulfide) groups is 1. The molecule has 1 atom stereocenters. The van der Waals surface area contributed by atoms with Gasteiger partial charge in [0.15, 0.2) is 4.32 Å². The number of nitrogens with zero attached hydrogens (tertiary/aromatic N) is 2. The number of thiophene rings is 1. The van der Waals surface area contributed by atoms with Crippen LogP contribution in [0.15, 0.2) is 35.3 Å². The fourth-order valence-corrected chi connectivity index (χ4v) is 4.83. The summed E-state index contributed by atoms with van der Waals surface area (Å²) in [4.78, 5) is 17.7. The average Bonchev–Trinajstić information content (AvgIpc) is 3.03. The van der Waals surface area contributed by atoms with Crippen molar-refractivity contribution in [2.45, 2.75) is 32.2 Å².